The Kier molecular flexibility index (Phi) is 4.87. The van der Waals surface area contributed by atoms with Crippen molar-refractivity contribution in [3.05, 3.63) is 35.9 Å². The summed E-state index contributed by atoms with van der Waals surface area (Å²) in [6.07, 6.45) is 0.489. The van der Waals surface area contributed by atoms with Crippen LogP contribution in [0.4, 0.5) is 0 Å². The lowest BCUT2D eigenvalue weighted by Gasteiger charge is -2.35. The SMILES string of the molecule is NCC(=O)CC1COCCN1Cc1ccccc1. The zero-order valence-corrected chi connectivity index (χ0v) is 10.5. The summed E-state index contributed by atoms with van der Waals surface area (Å²) >= 11 is 0. The van der Waals surface area contributed by atoms with Gasteiger partial charge in [-0.1, -0.05) is 30.3 Å². The third kappa shape index (κ3) is 3.63. The van der Waals surface area contributed by atoms with E-state index in [4.69, 9.17) is 10.5 Å². The van der Waals surface area contributed by atoms with Crippen LogP contribution in [-0.4, -0.2) is 43.0 Å². The fourth-order valence-electron chi connectivity index (χ4n) is 2.25. The van der Waals surface area contributed by atoms with Gasteiger partial charge in [0.15, 0.2) is 0 Å². The largest absolute Gasteiger partial charge is 0.378 e. The van der Waals surface area contributed by atoms with Crippen molar-refractivity contribution in [1.82, 2.24) is 4.90 Å². The smallest absolute Gasteiger partial charge is 0.148 e. The van der Waals surface area contributed by atoms with Gasteiger partial charge in [-0.05, 0) is 5.56 Å². The van der Waals surface area contributed by atoms with Crippen molar-refractivity contribution < 1.29 is 9.53 Å². The van der Waals surface area contributed by atoms with E-state index in [1.54, 1.807) is 0 Å². The van der Waals surface area contributed by atoms with Gasteiger partial charge in [0.25, 0.3) is 0 Å². The summed E-state index contributed by atoms with van der Waals surface area (Å²) in [7, 11) is 0. The molecule has 0 bridgehead atoms. The maximum atomic E-state index is 11.5. The van der Waals surface area contributed by atoms with Crippen molar-refractivity contribution in [3.63, 3.8) is 0 Å². The number of carbonyl (C=O) groups is 1. The van der Waals surface area contributed by atoms with E-state index >= 15 is 0 Å². The quantitative estimate of drug-likeness (QED) is 0.837. The normalized spacial score (nSPS) is 20.8. The van der Waals surface area contributed by atoms with Gasteiger partial charge >= 0.3 is 0 Å². The molecule has 1 aliphatic rings. The van der Waals surface area contributed by atoms with Gasteiger partial charge in [0.1, 0.15) is 5.78 Å². The molecule has 98 valence electrons. The predicted molar refractivity (Wildman–Crippen MR) is 70.1 cm³/mol. The van der Waals surface area contributed by atoms with Gasteiger partial charge in [-0.3, -0.25) is 9.69 Å². The first-order chi connectivity index (χ1) is 8.79. The van der Waals surface area contributed by atoms with Gasteiger partial charge in [-0.15, -0.1) is 0 Å². The number of morpholine rings is 1. The summed E-state index contributed by atoms with van der Waals surface area (Å²) in [5, 5.41) is 0. The maximum Gasteiger partial charge on any atom is 0.148 e. The minimum Gasteiger partial charge on any atom is -0.378 e. The molecular formula is C14H20N2O2. The van der Waals surface area contributed by atoms with Crippen molar-refractivity contribution in [3.8, 4) is 0 Å². The molecule has 1 fully saturated rings. The van der Waals surface area contributed by atoms with Gasteiger partial charge in [0.05, 0.1) is 19.8 Å². The van der Waals surface area contributed by atoms with Crippen LogP contribution in [0.1, 0.15) is 12.0 Å². The lowest BCUT2D eigenvalue weighted by atomic mass is 10.1. The van der Waals surface area contributed by atoms with Crippen molar-refractivity contribution in [2.45, 2.75) is 19.0 Å². The molecule has 0 saturated carbocycles. The van der Waals surface area contributed by atoms with Gasteiger partial charge < -0.3 is 10.5 Å². The Balaban J connectivity index is 1.97. The standard InChI is InChI=1S/C14H20N2O2/c15-9-14(17)8-13-11-18-7-6-16(13)10-12-4-2-1-3-5-12/h1-5,13H,6-11,15H2. The first kappa shape index (κ1) is 13.2. The Morgan fingerprint density at radius 2 is 2.17 bits per heavy atom. The second-order valence-corrected chi connectivity index (χ2v) is 4.63. The van der Waals surface area contributed by atoms with Crippen LogP contribution in [0.3, 0.4) is 0 Å². The van der Waals surface area contributed by atoms with E-state index < -0.39 is 0 Å². The average molecular weight is 248 g/mol. The van der Waals surface area contributed by atoms with E-state index in [0.29, 0.717) is 13.0 Å². The summed E-state index contributed by atoms with van der Waals surface area (Å²) < 4.78 is 5.46. The minimum absolute atomic E-state index is 0.101. The number of hydrogen-bond donors (Lipinski definition) is 1. The summed E-state index contributed by atoms with van der Waals surface area (Å²) in [4.78, 5) is 13.8. The Bertz CT molecular complexity index is 381. The second-order valence-electron chi connectivity index (χ2n) is 4.63. The third-order valence-electron chi connectivity index (χ3n) is 3.27. The Morgan fingerprint density at radius 3 is 2.89 bits per heavy atom. The Labute approximate surface area is 108 Å². The lowest BCUT2D eigenvalue weighted by Crippen LogP contribution is -2.46. The van der Waals surface area contributed by atoms with E-state index in [1.807, 2.05) is 18.2 Å². The molecule has 2 N–H and O–H groups in total. The van der Waals surface area contributed by atoms with Crippen LogP contribution in [0.25, 0.3) is 0 Å². The number of ether oxygens (including phenoxy) is 1. The van der Waals surface area contributed by atoms with E-state index in [9.17, 15) is 4.79 Å². The molecule has 0 aromatic heterocycles. The summed E-state index contributed by atoms with van der Waals surface area (Å²) in [5.74, 6) is 0.101. The minimum atomic E-state index is 0.101. The van der Waals surface area contributed by atoms with Crippen molar-refractivity contribution in [2.75, 3.05) is 26.3 Å². The van der Waals surface area contributed by atoms with Crippen LogP contribution >= 0.6 is 0 Å². The third-order valence-corrected chi connectivity index (χ3v) is 3.27. The Hall–Kier alpha value is -1.23. The highest BCUT2D eigenvalue weighted by molar-refractivity contribution is 5.80. The molecule has 1 aromatic carbocycles. The van der Waals surface area contributed by atoms with E-state index in [1.165, 1.54) is 5.56 Å². The number of ketones is 1. The molecular weight excluding hydrogens is 228 g/mol. The van der Waals surface area contributed by atoms with Crippen LogP contribution in [0, 0.1) is 0 Å². The summed E-state index contributed by atoms with van der Waals surface area (Å²) in [6, 6.07) is 10.5. The topological polar surface area (TPSA) is 55.6 Å². The fraction of sp³-hybridized carbons (Fsp3) is 0.500. The van der Waals surface area contributed by atoms with Crippen molar-refractivity contribution in [1.29, 1.82) is 0 Å². The Morgan fingerprint density at radius 1 is 1.39 bits per heavy atom. The van der Waals surface area contributed by atoms with Crippen LogP contribution < -0.4 is 5.73 Å². The van der Waals surface area contributed by atoms with Crippen molar-refractivity contribution in [2.24, 2.45) is 5.73 Å². The van der Waals surface area contributed by atoms with E-state index in [0.717, 1.165) is 19.7 Å². The summed E-state index contributed by atoms with van der Waals surface area (Å²) in [6.45, 7) is 3.22. The van der Waals surface area contributed by atoms with Gasteiger partial charge in [0.2, 0.25) is 0 Å². The highest BCUT2D eigenvalue weighted by Crippen LogP contribution is 2.15. The van der Waals surface area contributed by atoms with Crippen LogP contribution in [0.15, 0.2) is 30.3 Å². The average Bonchev–Trinajstić information content (AvgIpc) is 2.42. The first-order valence-corrected chi connectivity index (χ1v) is 6.37. The molecule has 4 heteroatoms. The lowest BCUT2D eigenvalue weighted by molar-refractivity contribution is -0.120. The first-order valence-electron chi connectivity index (χ1n) is 6.37. The number of rotatable bonds is 5. The molecule has 1 aromatic rings. The van der Waals surface area contributed by atoms with E-state index in [-0.39, 0.29) is 18.4 Å². The molecule has 1 unspecified atom stereocenters. The van der Waals surface area contributed by atoms with Crippen molar-refractivity contribution >= 4 is 5.78 Å². The molecule has 1 atom stereocenters. The molecule has 0 aliphatic carbocycles. The number of benzene rings is 1. The molecule has 0 radical (unpaired) electrons. The number of nitrogens with zero attached hydrogens (tertiary/aromatic N) is 1. The molecule has 0 amide bonds. The molecule has 1 aliphatic heterocycles. The van der Waals surface area contributed by atoms with Crippen LogP contribution in [-0.2, 0) is 16.1 Å². The highest BCUT2D eigenvalue weighted by Gasteiger charge is 2.24. The van der Waals surface area contributed by atoms with E-state index in [2.05, 4.69) is 17.0 Å². The van der Waals surface area contributed by atoms with Gasteiger partial charge in [0, 0.05) is 25.6 Å². The van der Waals surface area contributed by atoms with Crippen LogP contribution in [0.5, 0.6) is 0 Å². The number of nitrogens with two attached hydrogens (primary N) is 1. The fourth-order valence-corrected chi connectivity index (χ4v) is 2.25. The number of hydrogen-bond acceptors (Lipinski definition) is 4. The monoisotopic (exact) mass is 248 g/mol. The van der Waals surface area contributed by atoms with Gasteiger partial charge in [-0.25, -0.2) is 0 Å². The number of carbonyl (C=O) groups excluding carboxylic acids is 1. The highest BCUT2D eigenvalue weighted by atomic mass is 16.5. The zero-order chi connectivity index (χ0) is 12.8. The molecule has 1 saturated heterocycles. The maximum absolute atomic E-state index is 11.5. The van der Waals surface area contributed by atoms with Gasteiger partial charge in [-0.2, -0.15) is 0 Å². The molecule has 2 rings (SSSR count). The summed E-state index contributed by atoms with van der Waals surface area (Å²) in [5.41, 5.74) is 6.65. The predicted octanol–water partition coefficient (Wildman–Crippen LogP) is 0.805. The second kappa shape index (κ2) is 6.64. The van der Waals surface area contributed by atoms with Crippen LogP contribution in [0.2, 0.25) is 0 Å². The molecule has 0 spiro atoms. The zero-order valence-electron chi connectivity index (χ0n) is 10.5. The molecule has 1 heterocycles. The number of Topliss-reactive ketones (excluding diaryl/α,β-unsaturated/α-hetero) is 1. The molecule has 4 nitrogen and oxygen atoms in total. The molecule has 18 heavy (non-hydrogen) atoms.